The van der Waals surface area contributed by atoms with Gasteiger partial charge in [0.1, 0.15) is 5.82 Å². The van der Waals surface area contributed by atoms with Crippen molar-refractivity contribution in [2.45, 2.75) is 26.8 Å². The molecule has 8 nitrogen and oxygen atoms in total. The summed E-state index contributed by atoms with van der Waals surface area (Å²) >= 11 is 0. The molecule has 0 bridgehead atoms. The molecule has 2 rings (SSSR count). The van der Waals surface area contributed by atoms with E-state index in [1.807, 2.05) is 19.1 Å². The Balaban J connectivity index is 2.28. The Morgan fingerprint density at radius 1 is 1.32 bits per heavy atom. The van der Waals surface area contributed by atoms with Crippen LogP contribution in [0.5, 0.6) is 5.88 Å². The zero-order valence-electron chi connectivity index (χ0n) is 12.4. The molecule has 0 aliphatic carbocycles. The van der Waals surface area contributed by atoms with Gasteiger partial charge in [0.15, 0.2) is 0 Å². The third kappa shape index (κ3) is 3.87. The number of nitrogens with one attached hydrogen (secondary N) is 1. The molecule has 0 saturated heterocycles. The predicted octanol–water partition coefficient (Wildman–Crippen LogP) is 2.49. The second-order valence-electron chi connectivity index (χ2n) is 4.59. The standard InChI is InChI=1S/C14H17N5O3/c1-3-8-22-14-12(19(20)21)13(17-10(2)18-14)16-9-11-4-6-15-7-5-11/h4-7H,3,8-9H2,1-2H3,(H,16,17,18). The monoisotopic (exact) mass is 303 g/mol. The Morgan fingerprint density at radius 2 is 2.05 bits per heavy atom. The molecule has 2 aromatic heterocycles. The fourth-order valence-corrected chi connectivity index (χ4v) is 1.81. The van der Waals surface area contributed by atoms with Crippen LogP contribution in [-0.2, 0) is 6.54 Å². The van der Waals surface area contributed by atoms with E-state index in [0.717, 1.165) is 12.0 Å². The van der Waals surface area contributed by atoms with Crippen molar-refractivity contribution < 1.29 is 9.66 Å². The van der Waals surface area contributed by atoms with Crippen LogP contribution < -0.4 is 10.1 Å². The highest BCUT2D eigenvalue weighted by atomic mass is 16.6. The molecular weight excluding hydrogens is 286 g/mol. The van der Waals surface area contributed by atoms with Crippen LogP contribution in [0.25, 0.3) is 0 Å². The highest BCUT2D eigenvalue weighted by molar-refractivity contribution is 5.61. The van der Waals surface area contributed by atoms with E-state index >= 15 is 0 Å². The van der Waals surface area contributed by atoms with E-state index < -0.39 is 4.92 Å². The number of nitro groups is 1. The molecule has 0 aromatic carbocycles. The number of hydrogen-bond acceptors (Lipinski definition) is 7. The first-order valence-electron chi connectivity index (χ1n) is 6.90. The fraction of sp³-hybridized carbons (Fsp3) is 0.357. The van der Waals surface area contributed by atoms with Gasteiger partial charge in [0.05, 0.1) is 11.5 Å². The average Bonchev–Trinajstić information content (AvgIpc) is 2.51. The molecule has 0 radical (unpaired) electrons. The van der Waals surface area contributed by atoms with Gasteiger partial charge in [0.25, 0.3) is 5.88 Å². The minimum atomic E-state index is -0.528. The van der Waals surface area contributed by atoms with Crippen molar-refractivity contribution in [3.8, 4) is 5.88 Å². The molecule has 2 heterocycles. The van der Waals surface area contributed by atoms with Crippen LogP contribution in [0.2, 0.25) is 0 Å². The third-order valence-corrected chi connectivity index (χ3v) is 2.80. The Bertz CT molecular complexity index is 648. The number of aryl methyl sites for hydroxylation is 1. The second kappa shape index (κ2) is 7.30. The molecule has 0 saturated carbocycles. The van der Waals surface area contributed by atoms with Gasteiger partial charge in [-0.25, -0.2) is 4.98 Å². The first-order chi connectivity index (χ1) is 10.6. The summed E-state index contributed by atoms with van der Waals surface area (Å²) in [7, 11) is 0. The molecule has 0 aliphatic rings. The lowest BCUT2D eigenvalue weighted by molar-refractivity contribution is -0.385. The molecule has 2 aromatic rings. The van der Waals surface area contributed by atoms with Crippen molar-refractivity contribution in [1.29, 1.82) is 0 Å². The number of nitrogens with zero attached hydrogens (tertiary/aromatic N) is 4. The zero-order chi connectivity index (χ0) is 15.9. The first kappa shape index (κ1) is 15.6. The molecule has 0 fully saturated rings. The van der Waals surface area contributed by atoms with Gasteiger partial charge < -0.3 is 10.1 Å². The maximum Gasteiger partial charge on any atom is 0.372 e. The summed E-state index contributed by atoms with van der Waals surface area (Å²) in [5.74, 6) is 0.561. The van der Waals surface area contributed by atoms with Crippen molar-refractivity contribution in [3.63, 3.8) is 0 Å². The lowest BCUT2D eigenvalue weighted by Crippen LogP contribution is -2.10. The minimum Gasteiger partial charge on any atom is -0.473 e. The summed E-state index contributed by atoms with van der Waals surface area (Å²) in [6.45, 7) is 4.34. The summed E-state index contributed by atoms with van der Waals surface area (Å²) in [4.78, 5) is 22.9. The summed E-state index contributed by atoms with van der Waals surface area (Å²) in [5.41, 5.74) is 0.699. The summed E-state index contributed by atoms with van der Waals surface area (Å²) in [5, 5.41) is 14.3. The maximum absolute atomic E-state index is 11.3. The Labute approximate surface area is 127 Å². The number of aromatic nitrogens is 3. The molecule has 0 atom stereocenters. The van der Waals surface area contributed by atoms with Crippen LogP contribution in [0.4, 0.5) is 11.5 Å². The van der Waals surface area contributed by atoms with Gasteiger partial charge in [-0.2, -0.15) is 4.98 Å². The van der Waals surface area contributed by atoms with Gasteiger partial charge in [0.2, 0.25) is 5.82 Å². The van der Waals surface area contributed by atoms with Crippen LogP contribution in [-0.4, -0.2) is 26.5 Å². The number of pyridine rings is 1. The van der Waals surface area contributed by atoms with Crippen molar-refractivity contribution in [2.75, 3.05) is 11.9 Å². The fourth-order valence-electron chi connectivity index (χ4n) is 1.81. The smallest absolute Gasteiger partial charge is 0.372 e. The van der Waals surface area contributed by atoms with Gasteiger partial charge >= 0.3 is 5.69 Å². The van der Waals surface area contributed by atoms with Crippen molar-refractivity contribution >= 4 is 11.5 Å². The lowest BCUT2D eigenvalue weighted by atomic mass is 10.2. The number of hydrogen-bond donors (Lipinski definition) is 1. The van der Waals surface area contributed by atoms with Crippen LogP contribution >= 0.6 is 0 Å². The number of ether oxygens (including phenoxy) is 1. The van der Waals surface area contributed by atoms with E-state index in [9.17, 15) is 10.1 Å². The molecule has 0 unspecified atom stereocenters. The Hall–Kier alpha value is -2.77. The van der Waals surface area contributed by atoms with Crippen LogP contribution in [0.15, 0.2) is 24.5 Å². The third-order valence-electron chi connectivity index (χ3n) is 2.80. The molecule has 22 heavy (non-hydrogen) atoms. The normalized spacial score (nSPS) is 10.3. The second-order valence-corrected chi connectivity index (χ2v) is 4.59. The van der Waals surface area contributed by atoms with E-state index in [-0.39, 0.29) is 17.4 Å². The van der Waals surface area contributed by atoms with Gasteiger partial charge in [-0.3, -0.25) is 15.1 Å². The topological polar surface area (TPSA) is 103 Å². The first-order valence-corrected chi connectivity index (χ1v) is 6.90. The molecule has 0 amide bonds. The quantitative estimate of drug-likeness (QED) is 0.619. The average molecular weight is 303 g/mol. The molecule has 0 aliphatic heterocycles. The largest absolute Gasteiger partial charge is 0.473 e. The summed E-state index contributed by atoms with van der Waals surface area (Å²) in [6, 6.07) is 3.64. The van der Waals surface area contributed by atoms with Crippen LogP contribution in [0, 0.1) is 17.0 Å². The van der Waals surface area contributed by atoms with Crippen LogP contribution in [0.1, 0.15) is 24.7 Å². The van der Waals surface area contributed by atoms with Gasteiger partial charge in [0, 0.05) is 18.9 Å². The SMILES string of the molecule is CCCOc1nc(C)nc(NCc2ccncc2)c1[N+](=O)[O-]. The molecule has 1 N–H and O–H groups in total. The molecule has 116 valence electrons. The van der Waals surface area contributed by atoms with Crippen LogP contribution in [0.3, 0.4) is 0 Å². The van der Waals surface area contributed by atoms with Crippen molar-refractivity contribution in [2.24, 2.45) is 0 Å². The molecular formula is C14H17N5O3. The predicted molar refractivity (Wildman–Crippen MR) is 80.8 cm³/mol. The highest BCUT2D eigenvalue weighted by Crippen LogP contribution is 2.32. The number of rotatable bonds is 7. The maximum atomic E-state index is 11.3. The molecule has 0 spiro atoms. The summed E-state index contributed by atoms with van der Waals surface area (Å²) < 4.78 is 5.38. The van der Waals surface area contributed by atoms with Crippen molar-refractivity contribution in [3.05, 3.63) is 46.0 Å². The lowest BCUT2D eigenvalue weighted by Gasteiger charge is -2.10. The highest BCUT2D eigenvalue weighted by Gasteiger charge is 2.25. The Kier molecular flexibility index (Phi) is 5.18. The van der Waals surface area contributed by atoms with Gasteiger partial charge in [-0.1, -0.05) is 6.92 Å². The Morgan fingerprint density at radius 3 is 2.68 bits per heavy atom. The molecule has 8 heteroatoms. The minimum absolute atomic E-state index is 0.00317. The zero-order valence-corrected chi connectivity index (χ0v) is 12.4. The van der Waals surface area contributed by atoms with E-state index in [0.29, 0.717) is 19.0 Å². The summed E-state index contributed by atoms with van der Waals surface area (Å²) in [6.07, 6.45) is 4.05. The van der Waals surface area contributed by atoms with E-state index in [4.69, 9.17) is 4.74 Å². The number of anilines is 1. The van der Waals surface area contributed by atoms with E-state index in [1.54, 1.807) is 19.3 Å². The van der Waals surface area contributed by atoms with Gasteiger partial charge in [-0.05, 0) is 31.0 Å². The van der Waals surface area contributed by atoms with E-state index in [2.05, 4.69) is 20.3 Å². The van der Waals surface area contributed by atoms with E-state index in [1.165, 1.54) is 0 Å². The van der Waals surface area contributed by atoms with Crippen molar-refractivity contribution in [1.82, 2.24) is 15.0 Å². The van der Waals surface area contributed by atoms with Gasteiger partial charge in [-0.15, -0.1) is 0 Å².